The normalized spacial score (nSPS) is 16.1. The molecule has 0 radical (unpaired) electrons. The fourth-order valence-electron chi connectivity index (χ4n) is 3.20. The minimum absolute atomic E-state index is 0.167. The van der Waals surface area contributed by atoms with Crippen LogP contribution in [0.25, 0.3) is 0 Å². The zero-order chi connectivity index (χ0) is 15.5. The number of methoxy groups -OCH3 is 1. The zero-order valence-corrected chi connectivity index (χ0v) is 13.9. The molecule has 0 spiro atoms. The van der Waals surface area contributed by atoms with E-state index in [1.54, 1.807) is 0 Å². The highest BCUT2D eigenvalue weighted by molar-refractivity contribution is 7.10. The Bertz CT molecular complexity index is 665. The maximum atomic E-state index is 12.5. The third-order valence-electron chi connectivity index (χ3n) is 4.36. The van der Waals surface area contributed by atoms with Crippen LogP contribution >= 0.6 is 11.3 Å². The summed E-state index contributed by atoms with van der Waals surface area (Å²) in [4.78, 5) is 16.2. The first-order valence-electron chi connectivity index (χ1n) is 7.69. The molecule has 1 atom stereocenters. The molecule has 0 saturated carbocycles. The summed E-state index contributed by atoms with van der Waals surface area (Å²) in [5.74, 6) is -0.167. The van der Waals surface area contributed by atoms with Gasteiger partial charge in [0.1, 0.15) is 6.04 Å². The van der Waals surface area contributed by atoms with Crippen LogP contribution in [0.3, 0.4) is 0 Å². The first-order chi connectivity index (χ1) is 10.7. The van der Waals surface area contributed by atoms with E-state index in [2.05, 4.69) is 35.4 Å². The first-order valence-corrected chi connectivity index (χ1v) is 8.57. The van der Waals surface area contributed by atoms with E-state index in [-0.39, 0.29) is 12.0 Å². The highest BCUT2D eigenvalue weighted by atomic mass is 32.1. The number of rotatable bonds is 4. The number of aryl methyl sites for hydroxylation is 1. The number of nitrogens with zero attached hydrogens (tertiary/aromatic N) is 1. The number of hydrogen-bond donors (Lipinski definition) is 0. The van der Waals surface area contributed by atoms with Gasteiger partial charge >= 0.3 is 5.97 Å². The average molecular weight is 315 g/mol. The monoisotopic (exact) mass is 315 g/mol. The summed E-state index contributed by atoms with van der Waals surface area (Å²) < 4.78 is 5.11. The van der Waals surface area contributed by atoms with Crippen molar-refractivity contribution >= 4 is 17.3 Å². The van der Waals surface area contributed by atoms with Crippen LogP contribution in [0.1, 0.15) is 34.5 Å². The number of esters is 1. The van der Waals surface area contributed by atoms with Gasteiger partial charge < -0.3 is 4.74 Å². The minimum atomic E-state index is -0.311. The van der Waals surface area contributed by atoms with Gasteiger partial charge in [-0.2, -0.15) is 0 Å². The molecule has 2 heterocycles. The zero-order valence-electron chi connectivity index (χ0n) is 13.0. The van der Waals surface area contributed by atoms with Gasteiger partial charge in [-0.3, -0.25) is 4.90 Å². The number of carbonyl (C=O) groups is 1. The second-order valence-corrected chi connectivity index (χ2v) is 6.57. The molecule has 4 heteroatoms. The highest BCUT2D eigenvalue weighted by Gasteiger charge is 2.32. The van der Waals surface area contributed by atoms with Crippen molar-refractivity contribution in [2.24, 2.45) is 0 Å². The molecule has 1 unspecified atom stereocenters. The van der Waals surface area contributed by atoms with E-state index >= 15 is 0 Å². The van der Waals surface area contributed by atoms with Gasteiger partial charge in [0.15, 0.2) is 0 Å². The summed E-state index contributed by atoms with van der Waals surface area (Å²) in [6, 6.07) is 10.1. The van der Waals surface area contributed by atoms with Gasteiger partial charge in [0.05, 0.1) is 7.11 Å². The second-order valence-electron chi connectivity index (χ2n) is 5.57. The van der Waals surface area contributed by atoms with Crippen molar-refractivity contribution < 1.29 is 9.53 Å². The maximum Gasteiger partial charge on any atom is 0.327 e. The highest BCUT2D eigenvalue weighted by Crippen LogP contribution is 2.32. The van der Waals surface area contributed by atoms with E-state index in [1.165, 1.54) is 23.1 Å². The fourth-order valence-corrected chi connectivity index (χ4v) is 4.09. The number of carbonyl (C=O) groups excluding carboxylic acids is 1. The van der Waals surface area contributed by atoms with Crippen LogP contribution in [-0.2, 0) is 28.9 Å². The minimum Gasteiger partial charge on any atom is -0.468 e. The van der Waals surface area contributed by atoms with Crippen molar-refractivity contribution in [2.75, 3.05) is 13.7 Å². The number of ether oxygens (including phenoxy) is 1. The molecule has 0 N–H and O–H groups in total. The number of thiophene rings is 1. The van der Waals surface area contributed by atoms with E-state index in [1.807, 2.05) is 23.5 Å². The summed E-state index contributed by atoms with van der Waals surface area (Å²) in [5, 5.41) is 2.14. The van der Waals surface area contributed by atoms with Gasteiger partial charge in [0, 0.05) is 18.0 Å². The Morgan fingerprint density at radius 3 is 2.95 bits per heavy atom. The van der Waals surface area contributed by atoms with Crippen LogP contribution in [0.4, 0.5) is 0 Å². The van der Waals surface area contributed by atoms with Gasteiger partial charge in [-0.1, -0.05) is 31.2 Å². The molecule has 2 aromatic rings. The molecule has 0 saturated heterocycles. The van der Waals surface area contributed by atoms with Crippen LogP contribution in [-0.4, -0.2) is 24.5 Å². The molecule has 0 aliphatic carbocycles. The predicted molar refractivity (Wildman–Crippen MR) is 89.0 cm³/mol. The summed E-state index contributed by atoms with van der Waals surface area (Å²) in [6.45, 7) is 3.84. The Kier molecular flexibility index (Phi) is 4.60. The number of benzene rings is 1. The number of fused-ring (bicyclic) bond motifs is 1. The third kappa shape index (κ3) is 2.81. The van der Waals surface area contributed by atoms with E-state index in [4.69, 9.17) is 4.74 Å². The van der Waals surface area contributed by atoms with Crippen LogP contribution < -0.4 is 0 Å². The van der Waals surface area contributed by atoms with Gasteiger partial charge in [-0.15, -0.1) is 11.3 Å². The van der Waals surface area contributed by atoms with E-state index in [0.717, 1.165) is 31.5 Å². The van der Waals surface area contributed by atoms with Crippen molar-refractivity contribution in [2.45, 2.75) is 32.4 Å². The summed E-state index contributed by atoms with van der Waals surface area (Å²) in [5.41, 5.74) is 3.64. The van der Waals surface area contributed by atoms with Crippen molar-refractivity contribution in [1.29, 1.82) is 0 Å². The molecule has 3 nitrogen and oxygen atoms in total. The van der Waals surface area contributed by atoms with E-state index < -0.39 is 0 Å². The molecular formula is C18H21NO2S. The largest absolute Gasteiger partial charge is 0.468 e. The lowest BCUT2D eigenvalue weighted by Gasteiger charge is -2.34. The SMILES string of the molecule is CCc1ccccc1C(C(=O)OC)N1CCc2sccc2C1. The van der Waals surface area contributed by atoms with E-state index in [0.29, 0.717) is 0 Å². The van der Waals surface area contributed by atoms with Gasteiger partial charge in [0.25, 0.3) is 0 Å². The molecule has 0 amide bonds. The van der Waals surface area contributed by atoms with Crippen LogP contribution in [0, 0.1) is 0 Å². The molecule has 0 bridgehead atoms. The van der Waals surface area contributed by atoms with Crippen molar-refractivity contribution in [3.8, 4) is 0 Å². The first kappa shape index (κ1) is 15.3. The van der Waals surface area contributed by atoms with Gasteiger partial charge in [0.2, 0.25) is 0 Å². The molecule has 1 aromatic carbocycles. The Labute approximate surface area is 135 Å². The molecule has 1 aliphatic rings. The summed E-state index contributed by atoms with van der Waals surface area (Å²) >= 11 is 1.81. The molecule has 22 heavy (non-hydrogen) atoms. The van der Waals surface area contributed by atoms with Crippen LogP contribution in [0.15, 0.2) is 35.7 Å². The second kappa shape index (κ2) is 6.63. The Balaban J connectivity index is 1.96. The Morgan fingerprint density at radius 2 is 2.18 bits per heavy atom. The van der Waals surface area contributed by atoms with Crippen LogP contribution in [0.2, 0.25) is 0 Å². The summed E-state index contributed by atoms with van der Waals surface area (Å²) in [6.07, 6.45) is 1.93. The van der Waals surface area contributed by atoms with E-state index in [9.17, 15) is 4.79 Å². The molecule has 1 aromatic heterocycles. The van der Waals surface area contributed by atoms with Crippen LogP contribution in [0.5, 0.6) is 0 Å². The summed E-state index contributed by atoms with van der Waals surface area (Å²) in [7, 11) is 1.48. The maximum absolute atomic E-state index is 12.5. The number of hydrogen-bond acceptors (Lipinski definition) is 4. The third-order valence-corrected chi connectivity index (χ3v) is 5.38. The quantitative estimate of drug-likeness (QED) is 0.808. The topological polar surface area (TPSA) is 29.5 Å². The lowest BCUT2D eigenvalue weighted by Crippen LogP contribution is -2.38. The predicted octanol–water partition coefficient (Wildman–Crippen LogP) is 3.58. The average Bonchev–Trinajstić information content (AvgIpc) is 3.03. The molecule has 116 valence electrons. The lowest BCUT2D eigenvalue weighted by atomic mass is 9.95. The van der Waals surface area contributed by atoms with Crippen molar-refractivity contribution in [1.82, 2.24) is 4.90 Å². The van der Waals surface area contributed by atoms with Crippen molar-refractivity contribution in [3.63, 3.8) is 0 Å². The lowest BCUT2D eigenvalue weighted by molar-refractivity contribution is -0.147. The van der Waals surface area contributed by atoms with Crippen molar-refractivity contribution in [3.05, 3.63) is 57.3 Å². The Morgan fingerprint density at radius 1 is 1.36 bits per heavy atom. The standard InChI is InChI=1S/C18H21NO2S/c1-3-13-6-4-5-7-15(13)17(18(20)21-2)19-10-8-16-14(12-19)9-11-22-16/h4-7,9,11,17H,3,8,10,12H2,1-2H3. The molecule has 3 rings (SSSR count). The fraction of sp³-hybridized carbons (Fsp3) is 0.389. The molecular weight excluding hydrogens is 294 g/mol. The smallest absolute Gasteiger partial charge is 0.327 e. The Hall–Kier alpha value is -1.65. The molecule has 1 aliphatic heterocycles. The molecule has 0 fully saturated rings. The van der Waals surface area contributed by atoms with Gasteiger partial charge in [-0.25, -0.2) is 4.79 Å². The van der Waals surface area contributed by atoms with Gasteiger partial charge in [-0.05, 0) is 41.0 Å².